The zero-order chi connectivity index (χ0) is 19.3. The number of likely N-dealkylation sites (tertiary alicyclic amines) is 1. The third kappa shape index (κ3) is 3.92. The van der Waals surface area contributed by atoms with Gasteiger partial charge in [0.15, 0.2) is 5.82 Å². The van der Waals surface area contributed by atoms with E-state index >= 15 is 0 Å². The van der Waals surface area contributed by atoms with Crippen molar-refractivity contribution in [3.05, 3.63) is 78.4 Å². The molecule has 1 atom stereocenters. The maximum absolute atomic E-state index is 12.9. The molecule has 0 bridgehead atoms. The summed E-state index contributed by atoms with van der Waals surface area (Å²) in [5, 5.41) is 10.6. The van der Waals surface area contributed by atoms with Crippen molar-refractivity contribution in [1.82, 2.24) is 19.9 Å². The summed E-state index contributed by atoms with van der Waals surface area (Å²) < 4.78 is 0. The maximum Gasteiger partial charge on any atom is 0.253 e. The number of aliphatic hydroxyl groups excluding tert-OH is 1. The molecule has 1 saturated heterocycles. The smallest absolute Gasteiger partial charge is 0.253 e. The van der Waals surface area contributed by atoms with Crippen molar-refractivity contribution in [2.24, 2.45) is 5.92 Å². The van der Waals surface area contributed by atoms with E-state index in [-0.39, 0.29) is 11.8 Å². The molecule has 3 heterocycles. The van der Waals surface area contributed by atoms with Crippen LogP contribution in [0.3, 0.4) is 0 Å². The van der Waals surface area contributed by atoms with Crippen molar-refractivity contribution >= 4 is 5.91 Å². The predicted molar refractivity (Wildman–Crippen MR) is 105 cm³/mol. The van der Waals surface area contributed by atoms with Gasteiger partial charge in [0.2, 0.25) is 0 Å². The number of aliphatic hydroxyl groups is 1. The number of piperidine rings is 1. The highest BCUT2D eigenvalue weighted by molar-refractivity contribution is 5.95. The number of carbonyl (C=O) groups is 1. The van der Waals surface area contributed by atoms with Gasteiger partial charge in [-0.25, -0.2) is 9.97 Å². The van der Waals surface area contributed by atoms with Crippen molar-refractivity contribution in [3.63, 3.8) is 0 Å². The Bertz CT molecular complexity index is 926. The van der Waals surface area contributed by atoms with Crippen LogP contribution in [-0.2, 0) is 0 Å². The minimum absolute atomic E-state index is 0.00329. The largest absolute Gasteiger partial charge is 0.387 e. The van der Waals surface area contributed by atoms with Gasteiger partial charge in [0, 0.05) is 42.8 Å². The van der Waals surface area contributed by atoms with Gasteiger partial charge in [-0.3, -0.25) is 9.78 Å². The lowest BCUT2D eigenvalue weighted by Crippen LogP contribution is -2.39. The predicted octanol–water partition coefficient (Wildman–Crippen LogP) is 3.12. The van der Waals surface area contributed by atoms with Gasteiger partial charge in [0.25, 0.3) is 5.91 Å². The first-order valence-electron chi connectivity index (χ1n) is 9.48. The van der Waals surface area contributed by atoms with E-state index in [2.05, 4.69) is 15.0 Å². The molecule has 0 aliphatic carbocycles. The van der Waals surface area contributed by atoms with Crippen LogP contribution in [0.15, 0.2) is 67.1 Å². The molecule has 28 heavy (non-hydrogen) atoms. The number of amides is 1. The Labute approximate surface area is 163 Å². The summed E-state index contributed by atoms with van der Waals surface area (Å²) in [4.78, 5) is 27.5. The molecule has 1 aliphatic heterocycles. The van der Waals surface area contributed by atoms with E-state index in [0.717, 1.165) is 18.4 Å². The monoisotopic (exact) mass is 374 g/mol. The van der Waals surface area contributed by atoms with E-state index in [1.165, 1.54) is 0 Å². The molecule has 0 spiro atoms. The summed E-state index contributed by atoms with van der Waals surface area (Å²) in [6.45, 7) is 1.25. The van der Waals surface area contributed by atoms with Crippen molar-refractivity contribution < 1.29 is 9.90 Å². The number of hydrogen-bond acceptors (Lipinski definition) is 5. The Balaban J connectivity index is 1.42. The van der Waals surface area contributed by atoms with Crippen LogP contribution in [0, 0.1) is 5.92 Å². The molecule has 1 aromatic carbocycles. The fourth-order valence-corrected chi connectivity index (χ4v) is 3.63. The van der Waals surface area contributed by atoms with Gasteiger partial charge in [-0.1, -0.05) is 18.2 Å². The molecule has 142 valence electrons. The Hall–Kier alpha value is -3.12. The van der Waals surface area contributed by atoms with E-state index in [0.29, 0.717) is 30.2 Å². The van der Waals surface area contributed by atoms with Crippen LogP contribution in [0.2, 0.25) is 0 Å². The van der Waals surface area contributed by atoms with E-state index in [1.54, 1.807) is 24.7 Å². The van der Waals surface area contributed by atoms with Gasteiger partial charge < -0.3 is 10.0 Å². The van der Waals surface area contributed by atoms with Crippen LogP contribution in [0.1, 0.15) is 35.0 Å². The highest BCUT2D eigenvalue weighted by Crippen LogP contribution is 2.30. The summed E-state index contributed by atoms with van der Waals surface area (Å²) in [7, 11) is 0. The summed E-state index contributed by atoms with van der Waals surface area (Å²) in [5.41, 5.74) is 2.16. The van der Waals surface area contributed by atoms with E-state index in [4.69, 9.17) is 0 Å². The molecule has 1 N–H and O–H groups in total. The standard InChI is InChI=1S/C22H22N4O2/c27-20(19-7-1-2-10-23-19)16-8-13-26(14-9-16)22(28)18-6-3-5-17(15-18)21-24-11-4-12-25-21/h1-7,10-12,15-16,20,27H,8-9,13-14H2/t20-/m1/s1. The normalized spacial score (nSPS) is 16.0. The van der Waals surface area contributed by atoms with E-state index < -0.39 is 6.10 Å². The fraction of sp³-hybridized carbons (Fsp3) is 0.273. The number of carbonyl (C=O) groups excluding carboxylic acids is 1. The van der Waals surface area contributed by atoms with Crippen LogP contribution in [0.4, 0.5) is 0 Å². The Morgan fingerprint density at radius 3 is 2.43 bits per heavy atom. The molecule has 4 rings (SSSR count). The molecule has 1 aliphatic rings. The van der Waals surface area contributed by atoms with Gasteiger partial charge in [0.05, 0.1) is 11.8 Å². The second-order valence-electron chi connectivity index (χ2n) is 6.98. The minimum Gasteiger partial charge on any atom is -0.387 e. The first kappa shape index (κ1) is 18.3. The minimum atomic E-state index is -0.586. The van der Waals surface area contributed by atoms with Crippen LogP contribution >= 0.6 is 0 Å². The first-order valence-corrected chi connectivity index (χ1v) is 9.48. The van der Waals surface area contributed by atoms with Gasteiger partial charge in [0.1, 0.15) is 0 Å². The molecule has 1 amide bonds. The number of benzene rings is 1. The highest BCUT2D eigenvalue weighted by atomic mass is 16.3. The van der Waals surface area contributed by atoms with Crippen molar-refractivity contribution in [1.29, 1.82) is 0 Å². The fourth-order valence-electron chi connectivity index (χ4n) is 3.63. The molecular formula is C22H22N4O2. The number of hydrogen-bond donors (Lipinski definition) is 1. The Morgan fingerprint density at radius 1 is 0.964 bits per heavy atom. The zero-order valence-corrected chi connectivity index (χ0v) is 15.5. The van der Waals surface area contributed by atoms with Crippen molar-refractivity contribution in [3.8, 4) is 11.4 Å². The van der Waals surface area contributed by atoms with Gasteiger partial charge in [-0.05, 0) is 49.1 Å². The van der Waals surface area contributed by atoms with E-state index in [1.807, 2.05) is 47.4 Å². The van der Waals surface area contributed by atoms with Gasteiger partial charge in [-0.15, -0.1) is 0 Å². The van der Waals surface area contributed by atoms with Crippen molar-refractivity contribution in [2.45, 2.75) is 18.9 Å². The second-order valence-corrected chi connectivity index (χ2v) is 6.98. The average molecular weight is 374 g/mol. The molecule has 6 nitrogen and oxygen atoms in total. The van der Waals surface area contributed by atoms with Crippen molar-refractivity contribution in [2.75, 3.05) is 13.1 Å². The Kier molecular flexibility index (Phi) is 5.39. The SMILES string of the molecule is O=C(c1cccc(-c2ncccn2)c1)N1CCC([C@@H](O)c2ccccn2)CC1. The quantitative estimate of drug-likeness (QED) is 0.759. The molecule has 0 radical (unpaired) electrons. The van der Waals surface area contributed by atoms with Crippen LogP contribution < -0.4 is 0 Å². The second kappa shape index (κ2) is 8.27. The van der Waals surface area contributed by atoms with Gasteiger partial charge in [-0.2, -0.15) is 0 Å². The lowest BCUT2D eigenvalue weighted by molar-refractivity contribution is 0.0447. The third-order valence-electron chi connectivity index (χ3n) is 5.20. The highest BCUT2D eigenvalue weighted by Gasteiger charge is 2.29. The molecule has 6 heteroatoms. The summed E-state index contributed by atoms with van der Waals surface area (Å²) in [6, 6.07) is 14.8. The first-order chi connectivity index (χ1) is 13.7. The third-order valence-corrected chi connectivity index (χ3v) is 5.20. The summed E-state index contributed by atoms with van der Waals surface area (Å²) in [5.74, 6) is 0.723. The lowest BCUT2D eigenvalue weighted by atomic mass is 9.89. The number of aromatic nitrogens is 3. The zero-order valence-electron chi connectivity index (χ0n) is 15.5. The molecule has 2 aromatic heterocycles. The molecule has 3 aromatic rings. The summed E-state index contributed by atoms with van der Waals surface area (Å²) >= 11 is 0. The number of rotatable bonds is 4. The summed E-state index contributed by atoms with van der Waals surface area (Å²) in [6.07, 6.45) is 6.00. The topological polar surface area (TPSA) is 79.2 Å². The van der Waals surface area contributed by atoms with Crippen LogP contribution in [0.25, 0.3) is 11.4 Å². The van der Waals surface area contributed by atoms with Gasteiger partial charge >= 0.3 is 0 Å². The average Bonchev–Trinajstić information content (AvgIpc) is 2.79. The van der Waals surface area contributed by atoms with E-state index in [9.17, 15) is 9.90 Å². The molecule has 1 fully saturated rings. The Morgan fingerprint density at radius 2 is 1.71 bits per heavy atom. The van der Waals surface area contributed by atoms with Crippen LogP contribution in [0.5, 0.6) is 0 Å². The number of pyridine rings is 1. The molecular weight excluding hydrogens is 352 g/mol. The molecule has 0 saturated carbocycles. The lowest BCUT2D eigenvalue weighted by Gasteiger charge is -2.34. The van der Waals surface area contributed by atoms with Crippen LogP contribution in [-0.4, -0.2) is 44.0 Å². The number of nitrogens with zero attached hydrogens (tertiary/aromatic N) is 4. The molecule has 0 unspecified atom stereocenters. The maximum atomic E-state index is 12.9.